The summed E-state index contributed by atoms with van der Waals surface area (Å²) in [5.41, 5.74) is 2.41. The van der Waals surface area contributed by atoms with E-state index < -0.39 is 0 Å². The van der Waals surface area contributed by atoms with Crippen molar-refractivity contribution in [1.82, 2.24) is 14.5 Å². The predicted molar refractivity (Wildman–Crippen MR) is 120 cm³/mol. The molecule has 1 aliphatic rings. The van der Waals surface area contributed by atoms with E-state index in [0.29, 0.717) is 23.4 Å². The van der Waals surface area contributed by atoms with Crippen molar-refractivity contribution < 1.29 is 9.50 Å². The van der Waals surface area contributed by atoms with E-state index in [-0.39, 0.29) is 23.4 Å². The van der Waals surface area contributed by atoms with Crippen molar-refractivity contribution in [2.45, 2.75) is 64.0 Å². The monoisotopic (exact) mass is 424 g/mol. The molecule has 0 saturated heterocycles. The smallest absolute Gasteiger partial charge is 0.261 e. The number of hydrogen-bond donors (Lipinski definition) is 2. The molecule has 0 spiro atoms. The summed E-state index contributed by atoms with van der Waals surface area (Å²) in [7, 11) is 0. The van der Waals surface area contributed by atoms with Crippen molar-refractivity contribution in [2.75, 3.05) is 11.9 Å². The van der Waals surface area contributed by atoms with E-state index in [1.165, 1.54) is 12.1 Å². The van der Waals surface area contributed by atoms with E-state index >= 15 is 0 Å². The van der Waals surface area contributed by atoms with Crippen LogP contribution in [0.5, 0.6) is 0 Å². The number of halogens is 1. The Morgan fingerprint density at radius 2 is 1.94 bits per heavy atom. The molecular formula is C24H29FN4O2. The lowest BCUT2D eigenvalue weighted by molar-refractivity contribution is 0.122. The van der Waals surface area contributed by atoms with Gasteiger partial charge < -0.3 is 15.0 Å². The number of aliphatic hydroxyl groups is 1. The van der Waals surface area contributed by atoms with Crippen LogP contribution in [0, 0.1) is 5.82 Å². The van der Waals surface area contributed by atoms with Gasteiger partial charge in [0.25, 0.3) is 5.56 Å². The Kier molecular flexibility index (Phi) is 6.61. The number of rotatable bonds is 7. The van der Waals surface area contributed by atoms with Crippen molar-refractivity contribution in [3.63, 3.8) is 0 Å². The quantitative estimate of drug-likeness (QED) is 0.556. The minimum atomic E-state index is -0.299. The van der Waals surface area contributed by atoms with E-state index in [9.17, 15) is 14.3 Å². The molecule has 0 aliphatic heterocycles. The standard InChI is InChI=1S/C24H29FN4O2/c1-2-3-12-26-24-27-13-20-22(28-24)21(17-6-10-19(30)11-7-17)15-29(23(20)31)14-16-4-8-18(25)9-5-16/h4-5,8-9,13,15,17,19,30H,2-3,6-7,10-12,14H2,1H3,(H,26,27,28). The van der Waals surface area contributed by atoms with Crippen LogP contribution >= 0.6 is 0 Å². The summed E-state index contributed by atoms with van der Waals surface area (Å²) in [5, 5.41) is 13.7. The molecule has 2 aromatic heterocycles. The Hall–Kier alpha value is -2.80. The predicted octanol–water partition coefficient (Wildman–Crippen LogP) is 4.21. The number of nitrogens with one attached hydrogen (secondary N) is 1. The molecule has 31 heavy (non-hydrogen) atoms. The van der Waals surface area contributed by atoms with Gasteiger partial charge in [0, 0.05) is 18.9 Å². The van der Waals surface area contributed by atoms with Crippen LogP contribution in [0.1, 0.15) is 62.5 Å². The zero-order valence-electron chi connectivity index (χ0n) is 17.9. The van der Waals surface area contributed by atoms with Gasteiger partial charge >= 0.3 is 0 Å². The molecule has 0 radical (unpaired) electrons. The highest BCUT2D eigenvalue weighted by atomic mass is 19.1. The first-order chi connectivity index (χ1) is 15.0. The molecular weight excluding hydrogens is 395 g/mol. The molecule has 164 valence electrons. The molecule has 7 heteroatoms. The van der Waals surface area contributed by atoms with Crippen molar-refractivity contribution >= 4 is 16.9 Å². The van der Waals surface area contributed by atoms with Crippen molar-refractivity contribution in [2.24, 2.45) is 0 Å². The Morgan fingerprint density at radius 1 is 1.19 bits per heavy atom. The van der Waals surface area contributed by atoms with Crippen molar-refractivity contribution in [1.29, 1.82) is 0 Å². The van der Waals surface area contributed by atoms with E-state index in [0.717, 1.165) is 56.2 Å². The maximum atomic E-state index is 13.3. The van der Waals surface area contributed by atoms with Gasteiger partial charge in [-0.2, -0.15) is 0 Å². The van der Waals surface area contributed by atoms with Crippen molar-refractivity contribution in [3.8, 4) is 0 Å². The van der Waals surface area contributed by atoms with Gasteiger partial charge in [-0.1, -0.05) is 25.5 Å². The zero-order valence-corrected chi connectivity index (χ0v) is 17.9. The molecule has 3 aromatic rings. The summed E-state index contributed by atoms with van der Waals surface area (Å²) in [6, 6.07) is 6.20. The third kappa shape index (κ3) is 4.93. The minimum Gasteiger partial charge on any atom is -0.393 e. The summed E-state index contributed by atoms with van der Waals surface area (Å²) < 4.78 is 15.0. The number of hydrogen-bond acceptors (Lipinski definition) is 5. The lowest BCUT2D eigenvalue weighted by atomic mass is 9.82. The number of pyridine rings is 1. The van der Waals surface area contributed by atoms with Gasteiger partial charge in [0.15, 0.2) is 0 Å². The maximum absolute atomic E-state index is 13.3. The number of unbranched alkanes of at least 4 members (excludes halogenated alkanes) is 1. The Morgan fingerprint density at radius 3 is 2.65 bits per heavy atom. The van der Waals surface area contributed by atoms with Gasteiger partial charge in [0.05, 0.1) is 23.6 Å². The molecule has 1 fully saturated rings. The molecule has 0 atom stereocenters. The van der Waals surface area contributed by atoms with Gasteiger partial charge in [-0.3, -0.25) is 4.79 Å². The Bertz CT molecular complexity index is 1090. The largest absolute Gasteiger partial charge is 0.393 e. The zero-order chi connectivity index (χ0) is 21.8. The molecule has 6 nitrogen and oxygen atoms in total. The summed E-state index contributed by atoms with van der Waals surface area (Å²) in [4.78, 5) is 22.3. The van der Waals surface area contributed by atoms with Crippen LogP contribution in [0.3, 0.4) is 0 Å². The van der Waals surface area contributed by atoms with E-state index in [2.05, 4.69) is 17.2 Å². The molecule has 0 unspecified atom stereocenters. The van der Waals surface area contributed by atoms with Crippen LogP contribution in [0.15, 0.2) is 41.5 Å². The minimum absolute atomic E-state index is 0.154. The lowest BCUT2D eigenvalue weighted by Gasteiger charge is -2.27. The number of fused-ring (bicyclic) bond motifs is 1. The van der Waals surface area contributed by atoms with E-state index in [1.807, 2.05) is 6.20 Å². The van der Waals surface area contributed by atoms with E-state index in [4.69, 9.17) is 4.98 Å². The first kappa shape index (κ1) is 21.4. The van der Waals surface area contributed by atoms with E-state index in [1.54, 1.807) is 22.9 Å². The second-order valence-electron chi connectivity index (χ2n) is 8.39. The fourth-order valence-electron chi connectivity index (χ4n) is 4.25. The number of nitrogens with zero attached hydrogens (tertiary/aromatic N) is 3. The van der Waals surface area contributed by atoms with Crippen LogP contribution in [0.2, 0.25) is 0 Å². The third-order valence-electron chi connectivity index (χ3n) is 6.06. The molecule has 0 bridgehead atoms. The number of aromatic nitrogens is 3. The second-order valence-corrected chi connectivity index (χ2v) is 8.39. The Balaban J connectivity index is 1.76. The van der Waals surface area contributed by atoms with Crippen LogP contribution < -0.4 is 10.9 Å². The summed E-state index contributed by atoms with van der Waals surface area (Å²) in [6.45, 7) is 3.27. The van der Waals surface area contributed by atoms with Crippen LogP contribution in [0.4, 0.5) is 10.3 Å². The first-order valence-electron chi connectivity index (χ1n) is 11.1. The highest BCUT2D eigenvalue weighted by molar-refractivity contribution is 5.81. The highest BCUT2D eigenvalue weighted by Gasteiger charge is 2.25. The highest BCUT2D eigenvalue weighted by Crippen LogP contribution is 2.35. The van der Waals surface area contributed by atoms with Gasteiger partial charge in [-0.15, -0.1) is 0 Å². The average molecular weight is 425 g/mol. The van der Waals surface area contributed by atoms with Crippen LogP contribution in [0.25, 0.3) is 10.9 Å². The molecule has 1 aromatic carbocycles. The Labute approximate surface area is 181 Å². The van der Waals surface area contributed by atoms with Gasteiger partial charge in [0.2, 0.25) is 5.95 Å². The fraction of sp³-hybridized carbons (Fsp3) is 0.458. The molecule has 1 aliphatic carbocycles. The maximum Gasteiger partial charge on any atom is 0.261 e. The van der Waals surface area contributed by atoms with Gasteiger partial charge in [0.1, 0.15) is 5.82 Å². The topological polar surface area (TPSA) is 80.0 Å². The first-order valence-corrected chi connectivity index (χ1v) is 11.1. The molecule has 1 saturated carbocycles. The molecule has 2 N–H and O–H groups in total. The lowest BCUT2D eigenvalue weighted by Crippen LogP contribution is -2.25. The number of anilines is 1. The van der Waals surface area contributed by atoms with Crippen LogP contribution in [-0.4, -0.2) is 32.3 Å². The SMILES string of the molecule is CCCCNc1ncc2c(=O)n(Cc3ccc(F)cc3)cc(C3CCC(O)CC3)c2n1. The number of aliphatic hydroxyl groups excluding tert-OH is 1. The summed E-state index contributed by atoms with van der Waals surface area (Å²) in [5.74, 6) is 0.464. The number of benzene rings is 1. The molecule has 2 heterocycles. The van der Waals surface area contributed by atoms with Gasteiger partial charge in [-0.25, -0.2) is 14.4 Å². The average Bonchev–Trinajstić information content (AvgIpc) is 2.78. The van der Waals surface area contributed by atoms with Gasteiger partial charge in [-0.05, 0) is 61.3 Å². The molecule has 0 amide bonds. The fourth-order valence-corrected chi connectivity index (χ4v) is 4.25. The van der Waals surface area contributed by atoms with Crippen LogP contribution in [-0.2, 0) is 6.54 Å². The summed E-state index contributed by atoms with van der Waals surface area (Å²) >= 11 is 0. The normalized spacial score (nSPS) is 18.9. The summed E-state index contributed by atoms with van der Waals surface area (Å²) in [6.07, 6.45) is 8.56. The third-order valence-corrected chi connectivity index (χ3v) is 6.06. The second kappa shape index (κ2) is 9.56. The van der Waals surface area contributed by atoms with Crippen molar-refractivity contribution in [3.05, 3.63) is 64.0 Å². The molecule has 4 rings (SSSR count).